The second-order valence-electron chi connectivity index (χ2n) is 5.33. The average molecular weight is 342 g/mol. The maximum absolute atomic E-state index is 4.86. The van der Waals surface area contributed by atoms with Gasteiger partial charge < -0.3 is 9.30 Å². The first-order valence-electron chi connectivity index (χ1n) is 7.26. The van der Waals surface area contributed by atoms with Gasteiger partial charge >= 0.3 is 0 Å². The van der Waals surface area contributed by atoms with Crippen LogP contribution in [-0.4, -0.2) is 15.9 Å². The summed E-state index contributed by atoms with van der Waals surface area (Å²) in [5, 5.41) is 0.798. The van der Waals surface area contributed by atoms with Crippen LogP contribution in [0.3, 0.4) is 0 Å². The van der Waals surface area contributed by atoms with E-state index in [1.54, 1.807) is 0 Å². The zero-order valence-electron chi connectivity index (χ0n) is 11.7. The molecule has 0 bridgehead atoms. The summed E-state index contributed by atoms with van der Waals surface area (Å²) in [4.78, 5) is 7.23. The van der Waals surface area contributed by atoms with Gasteiger partial charge in [0, 0.05) is 23.8 Å². The van der Waals surface area contributed by atoms with Crippen molar-refractivity contribution in [2.45, 2.75) is 18.2 Å². The number of aromatic nitrogens is 2. The summed E-state index contributed by atoms with van der Waals surface area (Å²) in [7, 11) is 0. The number of rotatable bonds is 2. The van der Waals surface area contributed by atoms with Gasteiger partial charge in [0.1, 0.15) is 5.65 Å². The van der Waals surface area contributed by atoms with Crippen LogP contribution in [0.2, 0.25) is 0 Å². The molecular formula is C17H16BrN3. The maximum atomic E-state index is 4.86. The van der Waals surface area contributed by atoms with Crippen molar-refractivity contribution in [2.24, 2.45) is 0 Å². The van der Waals surface area contributed by atoms with E-state index in [-0.39, 0.29) is 0 Å². The summed E-state index contributed by atoms with van der Waals surface area (Å²) in [6.45, 7) is 1.03. The number of halogens is 1. The number of fused-ring (bicyclic) bond motifs is 2. The van der Waals surface area contributed by atoms with Crippen molar-refractivity contribution in [1.29, 1.82) is 0 Å². The zero-order valence-corrected chi connectivity index (χ0v) is 13.3. The standard InChI is InChI=1S/C17H16BrN3/c18-12-15-17(19-16-9-3-4-10-20(15)16)21-11-5-7-13-6-1-2-8-14(13)21/h1-4,6,8-10H,5,7,11-12H2. The summed E-state index contributed by atoms with van der Waals surface area (Å²) < 4.78 is 2.17. The molecule has 1 aliphatic rings. The number of alkyl halides is 1. The number of para-hydroxylation sites is 1. The van der Waals surface area contributed by atoms with Crippen molar-refractivity contribution < 1.29 is 0 Å². The fourth-order valence-corrected chi connectivity index (χ4v) is 3.65. The molecule has 0 unspecified atom stereocenters. The first-order chi connectivity index (χ1) is 10.4. The molecule has 3 aromatic rings. The van der Waals surface area contributed by atoms with E-state index in [9.17, 15) is 0 Å². The molecule has 0 atom stereocenters. The number of aryl methyl sites for hydroxylation is 1. The van der Waals surface area contributed by atoms with Gasteiger partial charge in [-0.3, -0.25) is 0 Å². The Morgan fingerprint density at radius 3 is 2.86 bits per heavy atom. The van der Waals surface area contributed by atoms with Crippen LogP contribution in [0.1, 0.15) is 17.7 Å². The summed E-state index contributed by atoms with van der Waals surface area (Å²) in [6, 6.07) is 14.8. The second-order valence-corrected chi connectivity index (χ2v) is 5.89. The minimum absolute atomic E-state index is 0.798. The van der Waals surface area contributed by atoms with E-state index in [0.29, 0.717) is 0 Å². The molecule has 3 heterocycles. The molecule has 1 aliphatic heterocycles. The van der Waals surface area contributed by atoms with Crippen LogP contribution in [0.5, 0.6) is 0 Å². The Kier molecular flexibility index (Phi) is 3.19. The summed E-state index contributed by atoms with van der Waals surface area (Å²) >= 11 is 3.63. The molecular weight excluding hydrogens is 326 g/mol. The molecule has 21 heavy (non-hydrogen) atoms. The molecule has 0 aliphatic carbocycles. The molecule has 0 fully saturated rings. The zero-order chi connectivity index (χ0) is 14.2. The Morgan fingerprint density at radius 2 is 1.95 bits per heavy atom. The van der Waals surface area contributed by atoms with Gasteiger partial charge in [-0.05, 0) is 36.6 Å². The molecule has 0 radical (unpaired) electrons. The van der Waals surface area contributed by atoms with E-state index in [2.05, 4.69) is 67.8 Å². The Hall–Kier alpha value is -1.81. The maximum Gasteiger partial charge on any atom is 0.156 e. The molecule has 0 N–H and O–H groups in total. The van der Waals surface area contributed by atoms with Gasteiger partial charge in [0.25, 0.3) is 0 Å². The smallest absolute Gasteiger partial charge is 0.156 e. The fourth-order valence-electron chi connectivity index (χ4n) is 3.13. The molecule has 4 rings (SSSR count). The Morgan fingerprint density at radius 1 is 1.10 bits per heavy atom. The van der Waals surface area contributed by atoms with E-state index < -0.39 is 0 Å². The molecule has 0 amide bonds. The third-order valence-electron chi connectivity index (χ3n) is 4.10. The summed E-state index contributed by atoms with van der Waals surface area (Å²) in [5.74, 6) is 1.07. The molecule has 3 nitrogen and oxygen atoms in total. The van der Waals surface area contributed by atoms with Gasteiger partial charge in [-0.25, -0.2) is 4.98 Å². The normalized spacial score (nSPS) is 14.4. The van der Waals surface area contributed by atoms with E-state index in [1.165, 1.54) is 23.4 Å². The van der Waals surface area contributed by atoms with Crippen LogP contribution >= 0.6 is 15.9 Å². The van der Waals surface area contributed by atoms with Crippen LogP contribution in [0, 0.1) is 0 Å². The van der Waals surface area contributed by atoms with Crippen LogP contribution < -0.4 is 4.90 Å². The third kappa shape index (κ3) is 2.05. The van der Waals surface area contributed by atoms with Crippen molar-refractivity contribution in [1.82, 2.24) is 9.38 Å². The van der Waals surface area contributed by atoms with Gasteiger partial charge in [-0.2, -0.15) is 0 Å². The molecule has 4 heteroatoms. The van der Waals surface area contributed by atoms with Crippen molar-refractivity contribution >= 4 is 33.1 Å². The van der Waals surface area contributed by atoms with Gasteiger partial charge in [0.15, 0.2) is 5.82 Å². The molecule has 106 valence electrons. The SMILES string of the molecule is BrCc1c(N2CCCc3ccccc32)nc2ccccn12. The van der Waals surface area contributed by atoms with Gasteiger partial charge in [-0.1, -0.05) is 40.2 Å². The Bertz CT molecular complexity index is 794. The first-order valence-corrected chi connectivity index (χ1v) is 8.38. The molecule has 0 saturated heterocycles. The number of pyridine rings is 1. The monoisotopic (exact) mass is 341 g/mol. The topological polar surface area (TPSA) is 20.5 Å². The predicted molar refractivity (Wildman–Crippen MR) is 89.6 cm³/mol. The number of benzene rings is 1. The van der Waals surface area contributed by atoms with Crippen LogP contribution in [0.25, 0.3) is 5.65 Å². The number of hydrogen-bond acceptors (Lipinski definition) is 2. The fraction of sp³-hybridized carbons (Fsp3) is 0.235. The molecule has 0 spiro atoms. The average Bonchev–Trinajstić information content (AvgIpc) is 2.92. The Balaban J connectivity index is 1.91. The lowest BCUT2D eigenvalue weighted by atomic mass is 10.0. The van der Waals surface area contributed by atoms with E-state index in [0.717, 1.165) is 29.8 Å². The number of hydrogen-bond donors (Lipinski definition) is 0. The second kappa shape index (κ2) is 5.19. The highest BCUT2D eigenvalue weighted by atomic mass is 79.9. The number of nitrogens with zero attached hydrogens (tertiary/aromatic N) is 3. The minimum atomic E-state index is 0.798. The summed E-state index contributed by atoms with van der Waals surface area (Å²) in [5.41, 5.74) is 4.93. The molecule has 1 aromatic carbocycles. The van der Waals surface area contributed by atoms with Crippen molar-refractivity contribution in [3.63, 3.8) is 0 Å². The van der Waals surface area contributed by atoms with E-state index >= 15 is 0 Å². The summed E-state index contributed by atoms with van der Waals surface area (Å²) in [6.07, 6.45) is 4.41. The van der Waals surface area contributed by atoms with Crippen molar-refractivity contribution in [3.05, 3.63) is 59.9 Å². The lowest BCUT2D eigenvalue weighted by Gasteiger charge is -2.30. The number of anilines is 2. The van der Waals surface area contributed by atoms with Crippen LogP contribution in [0.4, 0.5) is 11.5 Å². The van der Waals surface area contributed by atoms with Gasteiger partial charge in [0.05, 0.1) is 5.69 Å². The Labute approximate surface area is 132 Å². The quantitative estimate of drug-likeness (QED) is 0.647. The first kappa shape index (κ1) is 12.9. The lowest BCUT2D eigenvalue weighted by molar-refractivity contribution is 0.759. The van der Waals surface area contributed by atoms with E-state index in [1.807, 2.05) is 6.07 Å². The number of imidazole rings is 1. The highest BCUT2D eigenvalue weighted by Crippen LogP contribution is 2.35. The van der Waals surface area contributed by atoms with Crippen LogP contribution in [0.15, 0.2) is 48.7 Å². The highest BCUT2D eigenvalue weighted by Gasteiger charge is 2.23. The largest absolute Gasteiger partial charge is 0.325 e. The van der Waals surface area contributed by atoms with Crippen molar-refractivity contribution in [3.8, 4) is 0 Å². The van der Waals surface area contributed by atoms with E-state index in [4.69, 9.17) is 4.98 Å². The van der Waals surface area contributed by atoms with Crippen molar-refractivity contribution in [2.75, 3.05) is 11.4 Å². The lowest BCUT2D eigenvalue weighted by Crippen LogP contribution is -2.25. The third-order valence-corrected chi connectivity index (χ3v) is 4.63. The molecule has 0 saturated carbocycles. The van der Waals surface area contributed by atoms with Gasteiger partial charge in [0.2, 0.25) is 0 Å². The molecule has 2 aromatic heterocycles. The highest BCUT2D eigenvalue weighted by molar-refractivity contribution is 9.08. The van der Waals surface area contributed by atoms with Crippen LogP contribution in [-0.2, 0) is 11.8 Å². The predicted octanol–water partition coefficient (Wildman–Crippen LogP) is 4.31. The van der Waals surface area contributed by atoms with Gasteiger partial charge in [-0.15, -0.1) is 0 Å². The minimum Gasteiger partial charge on any atom is -0.325 e.